The number of hydrogen-bond acceptors (Lipinski definition) is 7. The maximum atomic E-state index is 12.6. The van der Waals surface area contributed by atoms with Gasteiger partial charge in [0.25, 0.3) is 5.91 Å². The number of thiophene rings is 1. The quantitative estimate of drug-likeness (QED) is 0.385. The Balaban J connectivity index is 2.12. The summed E-state index contributed by atoms with van der Waals surface area (Å²) in [5.74, 6) is -1.65. The van der Waals surface area contributed by atoms with Gasteiger partial charge in [-0.15, -0.1) is 11.3 Å². The van der Waals surface area contributed by atoms with Gasteiger partial charge in [0.15, 0.2) is 0 Å². The van der Waals surface area contributed by atoms with Gasteiger partial charge in [0.2, 0.25) is 5.91 Å². The lowest BCUT2D eigenvalue weighted by molar-refractivity contribution is -0.117. The van der Waals surface area contributed by atoms with E-state index in [1.807, 2.05) is 36.2 Å². The van der Waals surface area contributed by atoms with Crippen LogP contribution in [0.1, 0.15) is 31.2 Å². The fourth-order valence-electron chi connectivity index (χ4n) is 2.76. The van der Waals surface area contributed by atoms with Crippen LogP contribution in [-0.4, -0.2) is 56.6 Å². The number of primary amides is 1. The third-order valence-corrected chi connectivity index (χ3v) is 6.16. The first kappa shape index (κ1) is 24.0. The van der Waals surface area contributed by atoms with Crippen molar-refractivity contribution in [3.8, 4) is 0 Å². The van der Waals surface area contributed by atoms with Crippen molar-refractivity contribution in [3.63, 3.8) is 0 Å². The summed E-state index contributed by atoms with van der Waals surface area (Å²) in [6.45, 7) is 2.52. The number of amides is 2. The first-order valence-electron chi connectivity index (χ1n) is 9.05. The maximum absolute atomic E-state index is 12.6. The number of nitrogens with one attached hydrogen (secondary N) is 1. The molecule has 0 aliphatic carbocycles. The summed E-state index contributed by atoms with van der Waals surface area (Å²) in [7, 11) is 3.30. The molecule has 10 heteroatoms. The molecule has 0 aliphatic rings. The van der Waals surface area contributed by atoms with E-state index in [1.165, 1.54) is 7.11 Å². The summed E-state index contributed by atoms with van der Waals surface area (Å²) >= 11 is 4.45. The minimum absolute atomic E-state index is 0.0542. The number of methoxy groups -OCH3 is 1. The van der Waals surface area contributed by atoms with Gasteiger partial charge in [0, 0.05) is 18.1 Å². The molecule has 0 aliphatic heterocycles. The van der Waals surface area contributed by atoms with Crippen molar-refractivity contribution >= 4 is 50.1 Å². The lowest BCUT2D eigenvalue weighted by atomic mass is 10.1. The Morgan fingerprint density at radius 2 is 1.93 bits per heavy atom. The summed E-state index contributed by atoms with van der Waals surface area (Å²) in [5, 5.41) is 2.95. The predicted octanol–water partition coefficient (Wildman–Crippen LogP) is 2.79. The highest BCUT2D eigenvalue weighted by Crippen LogP contribution is 2.33. The second-order valence-electron chi connectivity index (χ2n) is 6.57. The van der Waals surface area contributed by atoms with Gasteiger partial charge in [-0.2, -0.15) is 0 Å². The molecule has 1 aromatic carbocycles. The Morgan fingerprint density at radius 1 is 1.23 bits per heavy atom. The minimum Gasteiger partial charge on any atom is -0.460 e. The molecule has 0 unspecified atom stereocenters. The van der Waals surface area contributed by atoms with Gasteiger partial charge in [-0.1, -0.05) is 34.1 Å². The van der Waals surface area contributed by atoms with Crippen LogP contribution in [-0.2, 0) is 20.8 Å². The molecule has 0 radical (unpaired) electrons. The molecular formula is C20H24BrN3O5S. The van der Waals surface area contributed by atoms with Gasteiger partial charge < -0.3 is 20.5 Å². The maximum Gasteiger partial charge on any atom is 0.341 e. The Kier molecular flexibility index (Phi) is 8.97. The number of benzene rings is 1. The van der Waals surface area contributed by atoms with Crippen molar-refractivity contribution in [3.05, 3.63) is 50.3 Å². The number of halogens is 1. The molecule has 3 N–H and O–H groups in total. The molecular weight excluding hydrogens is 474 g/mol. The average Bonchev–Trinajstić information content (AvgIpc) is 2.99. The number of nitrogens with two attached hydrogens (primary N) is 1. The summed E-state index contributed by atoms with van der Waals surface area (Å²) in [6.07, 6.45) is 0. The number of anilines is 1. The number of likely N-dealkylation sites (N-methyl/N-ethyl adjacent to an activating group) is 1. The van der Waals surface area contributed by atoms with Crippen molar-refractivity contribution in [2.24, 2.45) is 5.73 Å². The minimum atomic E-state index is -0.671. The zero-order valence-electron chi connectivity index (χ0n) is 17.0. The highest BCUT2D eigenvalue weighted by Gasteiger charge is 2.26. The van der Waals surface area contributed by atoms with Crippen molar-refractivity contribution in [2.75, 3.05) is 39.2 Å². The van der Waals surface area contributed by atoms with E-state index in [0.717, 1.165) is 21.4 Å². The van der Waals surface area contributed by atoms with Gasteiger partial charge in [-0.3, -0.25) is 14.5 Å². The Hall–Kier alpha value is -2.27. The molecule has 0 spiro atoms. The van der Waals surface area contributed by atoms with E-state index in [2.05, 4.69) is 21.2 Å². The van der Waals surface area contributed by atoms with Crippen LogP contribution in [0.15, 0.2) is 28.7 Å². The fraction of sp³-hybridized carbons (Fsp3) is 0.350. The number of carbonyl (C=O) groups is 3. The normalized spacial score (nSPS) is 10.8. The smallest absolute Gasteiger partial charge is 0.341 e. The van der Waals surface area contributed by atoms with E-state index in [9.17, 15) is 14.4 Å². The molecule has 0 saturated carbocycles. The molecule has 162 valence electrons. The third kappa shape index (κ3) is 6.36. The van der Waals surface area contributed by atoms with E-state index in [-0.39, 0.29) is 41.1 Å². The molecule has 0 bridgehead atoms. The molecule has 2 amide bonds. The second-order valence-corrected chi connectivity index (χ2v) is 8.44. The number of ether oxygens (including phenoxy) is 2. The number of rotatable bonds is 10. The van der Waals surface area contributed by atoms with E-state index < -0.39 is 11.9 Å². The second kappa shape index (κ2) is 11.2. The molecule has 2 rings (SSSR count). The molecule has 1 heterocycles. The summed E-state index contributed by atoms with van der Waals surface area (Å²) in [5.41, 5.74) is 6.96. The summed E-state index contributed by atoms with van der Waals surface area (Å²) in [6, 6.07) is 7.75. The average molecular weight is 498 g/mol. The summed E-state index contributed by atoms with van der Waals surface area (Å²) < 4.78 is 11.0. The van der Waals surface area contributed by atoms with Crippen molar-refractivity contribution in [1.29, 1.82) is 0 Å². The van der Waals surface area contributed by atoms with Gasteiger partial charge >= 0.3 is 5.97 Å². The first-order valence-corrected chi connectivity index (χ1v) is 10.7. The first-order chi connectivity index (χ1) is 14.2. The van der Waals surface area contributed by atoms with Crippen LogP contribution < -0.4 is 11.1 Å². The monoisotopic (exact) mass is 497 g/mol. The fourth-order valence-corrected chi connectivity index (χ4v) is 4.23. The Bertz CT molecular complexity index is 931. The SMILES string of the molecule is COCCOC(=O)c1c(NC(=O)CN(C)Cc2ccccc2Br)sc(C(N)=O)c1C. The van der Waals surface area contributed by atoms with E-state index in [4.69, 9.17) is 15.2 Å². The zero-order chi connectivity index (χ0) is 22.3. The molecule has 30 heavy (non-hydrogen) atoms. The highest BCUT2D eigenvalue weighted by molar-refractivity contribution is 9.10. The van der Waals surface area contributed by atoms with Crippen molar-refractivity contribution < 1.29 is 23.9 Å². The zero-order valence-corrected chi connectivity index (χ0v) is 19.4. The number of carbonyl (C=O) groups excluding carboxylic acids is 3. The molecule has 0 saturated heterocycles. The van der Waals surface area contributed by atoms with Crippen LogP contribution in [0.4, 0.5) is 5.00 Å². The highest BCUT2D eigenvalue weighted by atomic mass is 79.9. The van der Waals surface area contributed by atoms with Gasteiger partial charge in [0.1, 0.15) is 11.6 Å². The predicted molar refractivity (Wildman–Crippen MR) is 119 cm³/mol. The number of nitrogens with zero attached hydrogens (tertiary/aromatic N) is 1. The van der Waals surface area contributed by atoms with Gasteiger partial charge in [-0.05, 0) is 31.2 Å². The lowest BCUT2D eigenvalue weighted by Gasteiger charge is -2.17. The van der Waals surface area contributed by atoms with Crippen LogP contribution >= 0.6 is 27.3 Å². The molecule has 0 atom stereocenters. The van der Waals surface area contributed by atoms with Crippen LogP contribution in [0, 0.1) is 6.92 Å². The summed E-state index contributed by atoms with van der Waals surface area (Å²) in [4.78, 5) is 38.8. The molecule has 2 aromatic rings. The Labute approximate surface area is 187 Å². The number of hydrogen-bond donors (Lipinski definition) is 2. The largest absolute Gasteiger partial charge is 0.460 e. The van der Waals surface area contributed by atoms with Crippen LogP contribution in [0.2, 0.25) is 0 Å². The topological polar surface area (TPSA) is 111 Å². The molecule has 8 nitrogen and oxygen atoms in total. The lowest BCUT2D eigenvalue weighted by Crippen LogP contribution is -2.30. The third-order valence-electron chi connectivity index (χ3n) is 4.16. The van der Waals surface area contributed by atoms with Crippen molar-refractivity contribution in [1.82, 2.24) is 4.90 Å². The van der Waals surface area contributed by atoms with E-state index in [1.54, 1.807) is 6.92 Å². The number of esters is 1. The van der Waals surface area contributed by atoms with Crippen LogP contribution in [0.5, 0.6) is 0 Å². The van der Waals surface area contributed by atoms with Crippen molar-refractivity contribution in [2.45, 2.75) is 13.5 Å². The van der Waals surface area contributed by atoms with E-state index in [0.29, 0.717) is 12.1 Å². The van der Waals surface area contributed by atoms with Gasteiger partial charge in [0.05, 0.1) is 23.6 Å². The van der Waals surface area contributed by atoms with Crippen LogP contribution in [0.3, 0.4) is 0 Å². The Morgan fingerprint density at radius 3 is 2.57 bits per heavy atom. The van der Waals surface area contributed by atoms with E-state index >= 15 is 0 Å². The molecule has 0 fully saturated rings. The van der Waals surface area contributed by atoms with Crippen LogP contribution in [0.25, 0.3) is 0 Å². The van der Waals surface area contributed by atoms with Gasteiger partial charge in [-0.25, -0.2) is 4.79 Å². The standard InChI is InChI=1S/C20H24BrN3O5S/c1-12-16(20(27)29-9-8-28-3)19(30-17(12)18(22)26)23-15(25)11-24(2)10-13-6-4-5-7-14(13)21/h4-7H,8-11H2,1-3H3,(H2,22,26)(H,23,25). The molecule has 1 aromatic heterocycles.